The lowest BCUT2D eigenvalue weighted by atomic mass is 10.2. The average molecular weight is 386 g/mol. The molecule has 1 aromatic carbocycles. The van der Waals surface area contributed by atoms with Crippen LogP contribution in [0.15, 0.2) is 53.7 Å². The summed E-state index contributed by atoms with van der Waals surface area (Å²) < 4.78 is 9.04. The first-order valence-corrected chi connectivity index (χ1v) is 9.18. The van der Waals surface area contributed by atoms with Crippen molar-refractivity contribution in [2.24, 2.45) is 0 Å². The summed E-state index contributed by atoms with van der Waals surface area (Å²) in [6.07, 6.45) is 5.42. The van der Waals surface area contributed by atoms with E-state index in [1.807, 2.05) is 54.3 Å². The van der Waals surface area contributed by atoms with E-state index in [2.05, 4.69) is 15.1 Å². The molecule has 140 valence electrons. The van der Waals surface area contributed by atoms with Crippen molar-refractivity contribution in [3.63, 3.8) is 0 Å². The van der Waals surface area contributed by atoms with Gasteiger partial charge in [-0.05, 0) is 24.6 Å². The average Bonchev–Trinajstić information content (AvgIpc) is 3.09. The minimum atomic E-state index is -0.328. The topological polar surface area (TPSA) is 65.2 Å². The number of anilines is 1. The molecular weight excluding hydrogens is 366 g/mol. The second-order valence-corrected chi connectivity index (χ2v) is 6.95. The predicted molar refractivity (Wildman–Crippen MR) is 104 cm³/mol. The molecule has 4 rings (SSSR count). The number of nitrogens with zero attached hydrogens (tertiary/aromatic N) is 5. The molecule has 0 aliphatic carbocycles. The van der Waals surface area contributed by atoms with Crippen LogP contribution >= 0.6 is 11.6 Å². The van der Waals surface area contributed by atoms with Crippen LogP contribution in [0.1, 0.15) is 5.56 Å². The highest BCUT2D eigenvalue weighted by molar-refractivity contribution is 6.33. The summed E-state index contributed by atoms with van der Waals surface area (Å²) in [6.45, 7) is 4.49. The van der Waals surface area contributed by atoms with Crippen LogP contribution in [-0.2, 0) is 11.3 Å². The number of benzene rings is 1. The van der Waals surface area contributed by atoms with Crippen molar-refractivity contribution in [3.8, 4) is 5.69 Å². The van der Waals surface area contributed by atoms with Crippen LogP contribution in [0.4, 0.5) is 5.69 Å². The van der Waals surface area contributed by atoms with Crippen molar-refractivity contribution in [1.82, 2.24) is 19.6 Å². The molecule has 1 aliphatic heterocycles. The molecule has 7 nitrogen and oxygen atoms in total. The summed E-state index contributed by atoms with van der Waals surface area (Å²) in [5.41, 5.74) is 2.11. The fourth-order valence-electron chi connectivity index (χ4n) is 3.22. The lowest BCUT2D eigenvalue weighted by molar-refractivity contribution is 0.0274. The Bertz CT molecular complexity index is 985. The molecule has 1 unspecified atom stereocenters. The van der Waals surface area contributed by atoms with Crippen molar-refractivity contribution >= 4 is 17.3 Å². The molecular formula is C19H20ClN5O2. The highest BCUT2D eigenvalue weighted by Gasteiger charge is 2.24. The Hall–Kier alpha value is -2.64. The summed E-state index contributed by atoms with van der Waals surface area (Å²) in [5, 5.41) is 8.80. The van der Waals surface area contributed by atoms with E-state index in [9.17, 15) is 4.79 Å². The zero-order valence-corrected chi connectivity index (χ0v) is 15.7. The van der Waals surface area contributed by atoms with Gasteiger partial charge in [0.2, 0.25) is 0 Å². The van der Waals surface area contributed by atoms with Gasteiger partial charge in [0.25, 0.3) is 5.56 Å². The Balaban J connectivity index is 1.56. The maximum absolute atomic E-state index is 12.7. The van der Waals surface area contributed by atoms with Gasteiger partial charge < -0.3 is 9.64 Å². The molecule has 2 aromatic heterocycles. The van der Waals surface area contributed by atoms with Gasteiger partial charge in [-0.15, -0.1) is 0 Å². The number of rotatable bonds is 4. The van der Waals surface area contributed by atoms with Crippen LogP contribution in [0.3, 0.4) is 0 Å². The number of aryl methyl sites for hydroxylation is 1. The fourth-order valence-corrected chi connectivity index (χ4v) is 3.47. The summed E-state index contributed by atoms with van der Waals surface area (Å²) in [6, 6.07) is 9.24. The van der Waals surface area contributed by atoms with Crippen molar-refractivity contribution < 1.29 is 4.74 Å². The zero-order chi connectivity index (χ0) is 18.8. The maximum Gasteiger partial charge on any atom is 0.292 e. The van der Waals surface area contributed by atoms with Gasteiger partial charge in [-0.2, -0.15) is 14.9 Å². The van der Waals surface area contributed by atoms with E-state index < -0.39 is 0 Å². The Morgan fingerprint density at radius 2 is 2.04 bits per heavy atom. The molecule has 27 heavy (non-hydrogen) atoms. The summed E-state index contributed by atoms with van der Waals surface area (Å²) in [4.78, 5) is 14.8. The third kappa shape index (κ3) is 3.74. The first-order valence-electron chi connectivity index (χ1n) is 8.80. The van der Waals surface area contributed by atoms with Gasteiger partial charge in [-0.25, -0.2) is 0 Å². The van der Waals surface area contributed by atoms with E-state index in [1.54, 1.807) is 6.20 Å². The number of ether oxygens (including phenoxy) is 1. The third-order valence-electron chi connectivity index (χ3n) is 4.53. The molecule has 3 aromatic rings. The quantitative estimate of drug-likeness (QED) is 0.689. The predicted octanol–water partition coefficient (Wildman–Crippen LogP) is 2.30. The number of halogens is 1. The van der Waals surface area contributed by atoms with Gasteiger partial charge >= 0.3 is 0 Å². The number of hydrogen-bond donors (Lipinski definition) is 0. The molecule has 1 saturated heterocycles. The van der Waals surface area contributed by atoms with E-state index in [1.165, 1.54) is 4.68 Å². The molecule has 1 aliphatic rings. The van der Waals surface area contributed by atoms with Crippen molar-refractivity contribution in [2.45, 2.75) is 19.6 Å². The SMILES string of the molecule is Cc1cnn(CC2CN(c3cnn(-c4ccccc4)c(=O)c3Cl)CCO2)c1. The smallest absolute Gasteiger partial charge is 0.292 e. The van der Waals surface area contributed by atoms with Crippen LogP contribution in [-0.4, -0.2) is 45.4 Å². The highest BCUT2D eigenvalue weighted by Crippen LogP contribution is 2.24. The molecule has 1 atom stereocenters. The van der Waals surface area contributed by atoms with Crippen LogP contribution in [0, 0.1) is 6.92 Å². The highest BCUT2D eigenvalue weighted by atomic mass is 35.5. The Labute approximate surface area is 161 Å². The van der Waals surface area contributed by atoms with Gasteiger partial charge in [-0.3, -0.25) is 9.48 Å². The van der Waals surface area contributed by atoms with Gasteiger partial charge in [0.15, 0.2) is 0 Å². The van der Waals surface area contributed by atoms with Gasteiger partial charge in [0.05, 0.1) is 43.0 Å². The minimum Gasteiger partial charge on any atom is -0.373 e. The normalized spacial score (nSPS) is 17.3. The Morgan fingerprint density at radius 3 is 2.78 bits per heavy atom. The second-order valence-electron chi connectivity index (χ2n) is 6.57. The number of aromatic nitrogens is 4. The lowest BCUT2D eigenvalue weighted by Crippen LogP contribution is -2.45. The molecule has 0 amide bonds. The molecule has 0 radical (unpaired) electrons. The maximum atomic E-state index is 12.7. The molecule has 3 heterocycles. The summed E-state index contributed by atoms with van der Waals surface area (Å²) in [5.74, 6) is 0. The van der Waals surface area contributed by atoms with Crippen LogP contribution < -0.4 is 10.5 Å². The molecule has 0 saturated carbocycles. The molecule has 0 spiro atoms. The van der Waals surface area contributed by atoms with E-state index in [0.717, 1.165) is 5.56 Å². The molecule has 0 N–H and O–H groups in total. The summed E-state index contributed by atoms with van der Waals surface area (Å²) in [7, 11) is 0. The van der Waals surface area contributed by atoms with Gasteiger partial charge in [0, 0.05) is 19.3 Å². The Morgan fingerprint density at radius 1 is 1.22 bits per heavy atom. The third-order valence-corrected chi connectivity index (χ3v) is 4.89. The van der Waals surface area contributed by atoms with Crippen LogP contribution in [0.25, 0.3) is 5.69 Å². The van der Waals surface area contributed by atoms with E-state index in [4.69, 9.17) is 16.3 Å². The van der Waals surface area contributed by atoms with Crippen molar-refractivity contribution in [2.75, 3.05) is 24.6 Å². The van der Waals surface area contributed by atoms with Gasteiger partial charge in [-0.1, -0.05) is 29.8 Å². The lowest BCUT2D eigenvalue weighted by Gasteiger charge is -2.34. The largest absolute Gasteiger partial charge is 0.373 e. The van der Waals surface area contributed by atoms with E-state index >= 15 is 0 Å². The fraction of sp³-hybridized carbons (Fsp3) is 0.316. The number of para-hydroxylation sites is 1. The Kier molecular flexibility index (Phi) is 4.96. The minimum absolute atomic E-state index is 0.0364. The molecule has 8 heteroatoms. The van der Waals surface area contributed by atoms with Gasteiger partial charge in [0.1, 0.15) is 5.02 Å². The monoisotopic (exact) mass is 385 g/mol. The standard InChI is InChI=1S/C19H20ClN5O2/c1-14-9-21-24(11-14)13-16-12-23(7-8-27-16)17-10-22-25(19(26)18(17)20)15-5-3-2-4-6-15/h2-6,9-11,16H,7-8,12-13H2,1H3. The molecule has 0 bridgehead atoms. The summed E-state index contributed by atoms with van der Waals surface area (Å²) >= 11 is 6.42. The number of morpholine rings is 1. The van der Waals surface area contributed by atoms with Crippen molar-refractivity contribution in [3.05, 3.63) is 69.9 Å². The zero-order valence-electron chi connectivity index (χ0n) is 15.0. The second kappa shape index (κ2) is 7.54. The first kappa shape index (κ1) is 17.8. The van der Waals surface area contributed by atoms with E-state index in [0.29, 0.717) is 37.6 Å². The first-order chi connectivity index (χ1) is 13.1. The molecule has 1 fully saturated rings. The van der Waals surface area contributed by atoms with Crippen molar-refractivity contribution in [1.29, 1.82) is 0 Å². The van der Waals surface area contributed by atoms with E-state index in [-0.39, 0.29) is 16.7 Å². The van der Waals surface area contributed by atoms with Crippen LogP contribution in [0.2, 0.25) is 5.02 Å². The number of hydrogen-bond acceptors (Lipinski definition) is 5. The van der Waals surface area contributed by atoms with Crippen LogP contribution in [0.5, 0.6) is 0 Å².